The Morgan fingerprint density at radius 1 is 1.06 bits per heavy atom. The number of methoxy groups -OCH3 is 1. The van der Waals surface area contributed by atoms with E-state index in [1.54, 1.807) is 0 Å². The minimum absolute atomic E-state index is 0.0186. The molecule has 1 aromatic rings. The van der Waals surface area contributed by atoms with Gasteiger partial charge in [-0.2, -0.15) is 0 Å². The van der Waals surface area contributed by atoms with E-state index in [1.165, 1.54) is 13.2 Å². The summed E-state index contributed by atoms with van der Waals surface area (Å²) in [7, 11) is -0.284. The van der Waals surface area contributed by atoms with Crippen molar-refractivity contribution in [2.45, 2.75) is 46.0 Å². The van der Waals surface area contributed by atoms with E-state index < -0.39 is 45.0 Å². The minimum Gasteiger partial charge on any atom is -0.462 e. The second-order valence-electron chi connectivity index (χ2n) is 7.15. The smallest absolute Gasteiger partial charge is 0.393 e. The molecule has 11 heteroatoms. The summed E-state index contributed by atoms with van der Waals surface area (Å²) in [5.41, 5.74) is -0.238. The van der Waals surface area contributed by atoms with Crippen LogP contribution in [0.15, 0.2) is 11.1 Å². The zero-order chi connectivity index (χ0) is 24.7. The van der Waals surface area contributed by atoms with E-state index in [9.17, 15) is 19.2 Å². The first-order valence-electron chi connectivity index (χ1n) is 10.6. The van der Waals surface area contributed by atoms with E-state index in [4.69, 9.17) is 21.1 Å². The number of rotatable bonds is 9. The quantitative estimate of drug-likeness (QED) is 0.281. The molecule has 1 atom stereocenters. The summed E-state index contributed by atoms with van der Waals surface area (Å²) in [5.74, 6) is -3.07. The molecular weight excluding hydrogens is 477 g/mol. The van der Waals surface area contributed by atoms with Crippen molar-refractivity contribution >= 4 is 51.5 Å². The Labute approximate surface area is 199 Å². The molecule has 0 fully saturated rings. The lowest BCUT2D eigenvalue weighted by Gasteiger charge is -2.24. The van der Waals surface area contributed by atoms with Crippen molar-refractivity contribution in [2.75, 3.05) is 31.8 Å². The van der Waals surface area contributed by atoms with Crippen LogP contribution in [-0.2, 0) is 34.8 Å². The monoisotopic (exact) mass is 504 g/mol. The summed E-state index contributed by atoms with van der Waals surface area (Å²) < 4.78 is 30.3. The van der Waals surface area contributed by atoms with Crippen molar-refractivity contribution in [3.63, 3.8) is 0 Å². The van der Waals surface area contributed by atoms with Crippen molar-refractivity contribution in [1.29, 1.82) is 0 Å². The van der Waals surface area contributed by atoms with Crippen LogP contribution in [0, 0.1) is 5.13 Å². The molecule has 0 N–H and O–H groups in total. The molecule has 2 amide bonds. The predicted octanol–water partition coefficient (Wildman–Crippen LogP) is 4.27. The zero-order valence-corrected chi connectivity index (χ0v) is 20.7. The molecule has 0 saturated heterocycles. The number of amides is 2. The van der Waals surface area contributed by atoms with Crippen LogP contribution in [-0.4, -0.2) is 50.7 Å². The van der Waals surface area contributed by atoms with E-state index in [0.717, 1.165) is 7.11 Å². The Bertz CT molecular complexity index is 972. The van der Waals surface area contributed by atoms with Crippen LogP contribution < -0.4 is 4.90 Å². The predicted molar refractivity (Wildman–Crippen MR) is 122 cm³/mol. The molecule has 1 aromatic heterocycles. The van der Waals surface area contributed by atoms with Gasteiger partial charge in [-0.1, -0.05) is 18.5 Å². The molecule has 1 unspecified atom stereocenters. The molecular formula is C22H28ClFNO7S+. The summed E-state index contributed by atoms with van der Waals surface area (Å²) in [6.45, 7) is 4.03. The normalized spacial score (nSPS) is 14.2. The van der Waals surface area contributed by atoms with Gasteiger partial charge in [0.15, 0.2) is 5.69 Å². The Hall–Kier alpha value is -2.30. The van der Waals surface area contributed by atoms with Gasteiger partial charge >= 0.3 is 17.1 Å². The molecule has 0 aliphatic heterocycles. The Morgan fingerprint density at radius 3 is 2.27 bits per heavy atom. The Kier molecular flexibility index (Phi) is 10.00. The number of hydrogen-bond donors (Lipinski definition) is 0. The number of ether oxygens (including phenoxy) is 3. The zero-order valence-electron chi connectivity index (χ0n) is 19.1. The highest BCUT2D eigenvalue weighted by Gasteiger charge is 2.42. The van der Waals surface area contributed by atoms with Crippen LogP contribution in [0.5, 0.6) is 0 Å². The summed E-state index contributed by atoms with van der Waals surface area (Å²) in [5, 5.41) is -1.22. The van der Waals surface area contributed by atoms with Gasteiger partial charge in [0.25, 0.3) is 10.8 Å². The number of carbonyl (C=O) groups is 4. The van der Waals surface area contributed by atoms with Crippen molar-refractivity contribution in [1.82, 2.24) is 0 Å². The van der Waals surface area contributed by atoms with Crippen LogP contribution >= 0.6 is 22.1 Å². The van der Waals surface area contributed by atoms with Gasteiger partial charge in [-0.15, -0.1) is 4.39 Å². The van der Waals surface area contributed by atoms with Crippen LogP contribution in [0.3, 0.4) is 0 Å². The van der Waals surface area contributed by atoms with Crippen molar-refractivity contribution < 1.29 is 37.8 Å². The average molecular weight is 505 g/mol. The second-order valence-corrected chi connectivity index (χ2v) is 9.32. The fourth-order valence-corrected chi connectivity index (χ4v) is 5.49. The molecule has 1 aliphatic rings. The van der Waals surface area contributed by atoms with E-state index in [-0.39, 0.29) is 47.1 Å². The molecule has 0 saturated carbocycles. The highest BCUT2D eigenvalue weighted by atomic mass is 35.5. The third kappa shape index (κ3) is 5.80. The third-order valence-corrected chi connectivity index (χ3v) is 7.35. The van der Waals surface area contributed by atoms with Gasteiger partial charge in [0.05, 0.1) is 13.7 Å². The lowest BCUT2D eigenvalue weighted by Crippen LogP contribution is -2.39. The number of anilines is 1. The van der Waals surface area contributed by atoms with Crippen LogP contribution in [0.2, 0.25) is 5.02 Å². The number of thiophene rings is 1. The summed E-state index contributed by atoms with van der Waals surface area (Å²) >= 11 is 6.30. The van der Waals surface area contributed by atoms with Crippen LogP contribution in [0.4, 0.5) is 10.1 Å². The van der Waals surface area contributed by atoms with Crippen molar-refractivity contribution in [3.8, 4) is 0 Å². The van der Waals surface area contributed by atoms with Gasteiger partial charge in [0, 0.05) is 34.6 Å². The SMILES string of the molecule is CCOCCOC(=O)C1=C(C(=O)N(C(=O)CC)c2c(Cl)c(C(=O)OC)[s+](C)c2F)CCCC1. The first kappa shape index (κ1) is 26.9. The molecule has 1 aliphatic carbocycles. The van der Waals surface area contributed by atoms with Gasteiger partial charge in [-0.05, 0) is 32.6 Å². The fraction of sp³-hybridized carbons (Fsp3) is 0.545. The van der Waals surface area contributed by atoms with Gasteiger partial charge in [-0.3, -0.25) is 9.59 Å². The maximum absolute atomic E-state index is 15.2. The highest BCUT2D eigenvalue weighted by Crippen LogP contribution is 2.45. The van der Waals surface area contributed by atoms with Crippen LogP contribution in [0.25, 0.3) is 0 Å². The first-order valence-corrected chi connectivity index (χ1v) is 12.6. The molecule has 0 aromatic carbocycles. The topological polar surface area (TPSA) is 99.2 Å². The standard InChI is InChI=1S/C22H28ClFNO7S/c1-5-15(26)25(17-16(23)18(22(29)30-3)33(4)19(17)24)20(27)13-9-7-8-10-14(13)21(28)32-12-11-31-6-2/h5-12H2,1-4H3/q+1. The molecule has 0 spiro atoms. The second kappa shape index (κ2) is 12.2. The maximum Gasteiger partial charge on any atom is 0.393 e. The average Bonchev–Trinajstić information content (AvgIpc) is 3.04. The number of halogens is 2. The summed E-state index contributed by atoms with van der Waals surface area (Å²) in [4.78, 5) is 51.6. The van der Waals surface area contributed by atoms with E-state index in [1.807, 2.05) is 6.92 Å². The molecule has 33 heavy (non-hydrogen) atoms. The number of hydrogen-bond acceptors (Lipinski definition) is 7. The molecule has 0 bridgehead atoms. The van der Waals surface area contributed by atoms with Crippen molar-refractivity contribution in [2.24, 2.45) is 6.26 Å². The largest absolute Gasteiger partial charge is 0.462 e. The number of nitrogens with zero attached hydrogens (tertiary/aromatic N) is 1. The molecule has 2 rings (SSSR count). The van der Waals surface area contributed by atoms with Gasteiger partial charge in [0.1, 0.15) is 17.9 Å². The summed E-state index contributed by atoms with van der Waals surface area (Å²) in [6, 6.07) is 0. The first-order chi connectivity index (χ1) is 15.7. The van der Waals surface area contributed by atoms with E-state index >= 15 is 4.39 Å². The van der Waals surface area contributed by atoms with Gasteiger partial charge in [-0.25, -0.2) is 14.5 Å². The van der Waals surface area contributed by atoms with Gasteiger partial charge in [0.2, 0.25) is 5.91 Å². The molecule has 0 radical (unpaired) electrons. The molecule has 182 valence electrons. The van der Waals surface area contributed by atoms with E-state index in [0.29, 0.717) is 30.8 Å². The van der Waals surface area contributed by atoms with Crippen molar-refractivity contribution in [3.05, 3.63) is 26.2 Å². The van der Waals surface area contributed by atoms with Crippen LogP contribution in [0.1, 0.15) is 55.6 Å². The minimum atomic E-state index is -1.41. The number of imide groups is 1. The molecule has 1 heterocycles. The number of carbonyl (C=O) groups excluding carboxylic acids is 4. The van der Waals surface area contributed by atoms with E-state index in [2.05, 4.69) is 4.74 Å². The third-order valence-electron chi connectivity index (χ3n) is 5.16. The Morgan fingerprint density at radius 2 is 1.70 bits per heavy atom. The lowest BCUT2D eigenvalue weighted by atomic mass is 9.90. The Balaban J connectivity index is 2.53. The highest BCUT2D eigenvalue weighted by molar-refractivity contribution is 7.31. The fourth-order valence-electron chi connectivity index (χ4n) is 3.48. The molecule has 8 nitrogen and oxygen atoms in total. The number of esters is 2. The van der Waals surface area contributed by atoms with Gasteiger partial charge < -0.3 is 14.2 Å². The lowest BCUT2D eigenvalue weighted by molar-refractivity contribution is -0.141. The summed E-state index contributed by atoms with van der Waals surface area (Å²) in [6.07, 6.45) is 3.08. The maximum atomic E-state index is 15.2.